The van der Waals surface area contributed by atoms with Gasteiger partial charge in [-0.15, -0.1) is 0 Å². The molecule has 2 rings (SSSR count). The number of carbonyl (C=O) groups excluding carboxylic acids is 4. The number of urea groups is 1. The monoisotopic (exact) mass is 417 g/mol. The SMILES string of the molecule is CC(=O)NC(CC(=O)OC(C)C(=O)NC(=O)NC1CCCCC1)c1ccc(C)cc1. The van der Waals surface area contributed by atoms with Gasteiger partial charge in [-0.25, -0.2) is 4.79 Å². The summed E-state index contributed by atoms with van der Waals surface area (Å²) in [6, 6.07) is 6.35. The summed E-state index contributed by atoms with van der Waals surface area (Å²) in [6.07, 6.45) is 3.81. The Bertz CT molecular complexity index is 757. The number of hydrogen-bond donors (Lipinski definition) is 3. The highest BCUT2D eigenvalue weighted by atomic mass is 16.5. The van der Waals surface area contributed by atoms with Crippen LogP contribution in [0, 0.1) is 6.92 Å². The molecule has 0 heterocycles. The van der Waals surface area contributed by atoms with Gasteiger partial charge in [-0.1, -0.05) is 49.1 Å². The Labute approximate surface area is 177 Å². The van der Waals surface area contributed by atoms with E-state index >= 15 is 0 Å². The lowest BCUT2D eigenvalue weighted by Gasteiger charge is -2.23. The third-order valence-electron chi connectivity index (χ3n) is 5.08. The van der Waals surface area contributed by atoms with E-state index in [9.17, 15) is 19.2 Å². The van der Waals surface area contributed by atoms with Crippen molar-refractivity contribution >= 4 is 23.8 Å². The van der Waals surface area contributed by atoms with E-state index in [0.717, 1.165) is 43.2 Å². The summed E-state index contributed by atoms with van der Waals surface area (Å²) in [7, 11) is 0. The number of hydrogen-bond acceptors (Lipinski definition) is 5. The van der Waals surface area contributed by atoms with Gasteiger partial charge < -0.3 is 15.4 Å². The van der Waals surface area contributed by atoms with Crippen LogP contribution >= 0.6 is 0 Å². The van der Waals surface area contributed by atoms with E-state index in [1.165, 1.54) is 13.8 Å². The zero-order valence-corrected chi connectivity index (χ0v) is 17.8. The van der Waals surface area contributed by atoms with Crippen LogP contribution in [0.3, 0.4) is 0 Å². The molecule has 2 unspecified atom stereocenters. The smallest absolute Gasteiger partial charge is 0.321 e. The molecule has 0 aliphatic heterocycles. The van der Waals surface area contributed by atoms with Crippen molar-refractivity contribution in [3.05, 3.63) is 35.4 Å². The fourth-order valence-corrected chi connectivity index (χ4v) is 3.44. The first-order valence-electron chi connectivity index (χ1n) is 10.4. The van der Waals surface area contributed by atoms with E-state index in [1.807, 2.05) is 31.2 Å². The zero-order chi connectivity index (χ0) is 22.1. The molecule has 1 saturated carbocycles. The van der Waals surface area contributed by atoms with Crippen LogP contribution < -0.4 is 16.0 Å². The molecule has 2 atom stereocenters. The van der Waals surface area contributed by atoms with E-state index in [-0.39, 0.29) is 18.4 Å². The predicted molar refractivity (Wildman–Crippen MR) is 111 cm³/mol. The van der Waals surface area contributed by atoms with E-state index < -0.39 is 30.1 Å². The summed E-state index contributed by atoms with van der Waals surface area (Å²) in [6.45, 7) is 4.71. The number of amides is 4. The molecule has 8 nitrogen and oxygen atoms in total. The van der Waals surface area contributed by atoms with E-state index in [0.29, 0.717) is 0 Å². The fourth-order valence-electron chi connectivity index (χ4n) is 3.44. The van der Waals surface area contributed by atoms with Crippen molar-refractivity contribution in [2.24, 2.45) is 0 Å². The Kier molecular flexibility index (Phi) is 8.83. The van der Waals surface area contributed by atoms with Gasteiger partial charge >= 0.3 is 12.0 Å². The van der Waals surface area contributed by atoms with Crippen LogP contribution in [-0.2, 0) is 19.1 Å². The Hall–Kier alpha value is -2.90. The highest BCUT2D eigenvalue weighted by Gasteiger charge is 2.24. The first-order chi connectivity index (χ1) is 14.2. The summed E-state index contributed by atoms with van der Waals surface area (Å²) in [4.78, 5) is 48.0. The van der Waals surface area contributed by atoms with E-state index in [4.69, 9.17) is 4.74 Å². The second kappa shape index (κ2) is 11.3. The molecule has 0 spiro atoms. The lowest BCUT2D eigenvalue weighted by atomic mass is 9.96. The summed E-state index contributed by atoms with van der Waals surface area (Å²) in [5.74, 6) is -1.62. The van der Waals surface area contributed by atoms with Crippen LogP contribution in [0.2, 0.25) is 0 Å². The number of imide groups is 1. The normalized spacial score (nSPS) is 16.1. The predicted octanol–water partition coefficient (Wildman–Crippen LogP) is 2.65. The molecule has 1 aliphatic rings. The number of benzene rings is 1. The summed E-state index contributed by atoms with van der Waals surface area (Å²) >= 11 is 0. The lowest BCUT2D eigenvalue weighted by molar-refractivity contribution is -0.155. The maximum absolute atomic E-state index is 12.3. The third kappa shape index (κ3) is 7.85. The van der Waals surface area contributed by atoms with Gasteiger partial charge in [0.1, 0.15) is 0 Å². The number of ether oxygens (including phenoxy) is 1. The molecule has 30 heavy (non-hydrogen) atoms. The molecular weight excluding hydrogens is 386 g/mol. The molecule has 3 N–H and O–H groups in total. The number of rotatable bonds is 7. The maximum atomic E-state index is 12.3. The van der Waals surface area contributed by atoms with Crippen molar-refractivity contribution in [1.29, 1.82) is 0 Å². The van der Waals surface area contributed by atoms with E-state index in [1.54, 1.807) is 0 Å². The van der Waals surface area contributed by atoms with Crippen LogP contribution in [0.5, 0.6) is 0 Å². The highest BCUT2D eigenvalue weighted by molar-refractivity contribution is 5.97. The number of aryl methyl sites for hydroxylation is 1. The molecule has 1 aromatic rings. The van der Waals surface area contributed by atoms with Gasteiger partial charge in [0.2, 0.25) is 5.91 Å². The molecule has 4 amide bonds. The van der Waals surface area contributed by atoms with Crippen molar-refractivity contribution in [1.82, 2.24) is 16.0 Å². The molecule has 1 aromatic carbocycles. The van der Waals surface area contributed by atoms with Gasteiger partial charge in [-0.2, -0.15) is 0 Å². The highest BCUT2D eigenvalue weighted by Crippen LogP contribution is 2.19. The molecule has 1 aliphatic carbocycles. The van der Waals surface area contributed by atoms with Gasteiger partial charge in [-0.3, -0.25) is 19.7 Å². The van der Waals surface area contributed by atoms with Crippen LogP contribution in [0.4, 0.5) is 4.79 Å². The molecule has 0 aromatic heterocycles. The minimum absolute atomic E-state index is 0.0670. The Balaban J connectivity index is 1.85. The van der Waals surface area contributed by atoms with Gasteiger partial charge in [0.05, 0.1) is 12.5 Å². The van der Waals surface area contributed by atoms with Gasteiger partial charge in [-0.05, 0) is 32.3 Å². The van der Waals surface area contributed by atoms with Gasteiger partial charge in [0.15, 0.2) is 6.10 Å². The zero-order valence-electron chi connectivity index (χ0n) is 17.8. The van der Waals surface area contributed by atoms with Crippen LogP contribution in [0.15, 0.2) is 24.3 Å². The summed E-state index contributed by atoms with van der Waals surface area (Å²) in [5, 5.41) is 7.72. The second-order valence-electron chi connectivity index (χ2n) is 7.80. The first kappa shape index (κ1) is 23.4. The maximum Gasteiger partial charge on any atom is 0.321 e. The third-order valence-corrected chi connectivity index (χ3v) is 5.08. The fraction of sp³-hybridized carbons (Fsp3) is 0.545. The Morgan fingerprint density at radius 3 is 2.30 bits per heavy atom. The van der Waals surface area contributed by atoms with Crippen molar-refractivity contribution in [3.63, 3.8) is 0 Å². The second-order valence-corrected chi connectivity index (χ2v) is 7.80. The molecule has 1 fully saturated rings. The minimum atomic E-state index is -1.13. The standard InChI is InChI=1S/C22H31N3O5/c1-14-9-11-17(12-10-14)19(23-16(3)26)13-20(27)30-15(2)21(28)25-22(29)24-18-7-5-4-6-8-18/h9-12,15,18-19H,4-8,13H2,1-3H3,(H,23,26)(H2,24,25,28,29). The molecular formula is C22H31N3O5. The average Bonchev–Trinajstić information content (AvgIpc) is 2.68. The van der Waals surface area contributed by atoms with Crippen LogP contribution in [0.1, 0.15) is 69.5 Å². The molecule has 8 heteroatoms. The van der Waals surface area contributed by atoms with Crippen molar-refractivity contribution in [2.45, 2.75) is 77.5 Å². The topological polar surface area (TPSA) is 114 Å². The van der Waals surface area contributed by atoms with Crippen LogP contribution in [-0.4, -0.2) is 36.0 Å². The largest absolute Gasteiger partial charge is 0.452 e. The number of carbonyl (C=O) groups is 4. The summed E-state index contributed by atoms with van der Waals surface area (Å²) in [5.41, 5.74) is 1.82. The Morgan fingerprint density at radius 2 is 1.70 bits per heavy atom. The van der Waals surface area contributed by atoms with E-state index in [2.05, 4.69) is 16.0 Å². The molecule has 0 saturated heterocycles. The number of esters is 1. The quantitative estimate of drug-likeness (QED) is 0.590. The molecule has 0 bridgehead atoms. The number of nitrogens with one attached hydrogen (secondary N) is 3. The molecule has 0 radical (unpaired) electrons. The minimum Gasteiger partial charge on any atom is -0.452 e. The van der Waals surface area contributed by atoms with Gasteiger partial charge in [0.25, 0.3) is 5.91 Å². The summed E-state index contributed by atoms with van der Waals surface area (Å²) < 4.78 is 5.18. The lowest BCUT2D eigenvalue weighted by Crippen LogP contribution is -2.48. The first-order valence-corrected chi connectivity index (χ1v) is 10.4. The van der Waals surface area contributed by atoms with Crippen LogP contribution in [0.25, 0.3) is 0 Å². The van der Waals surface area contributed by atoms with Gasteiger partial charge in [0, 0.05) is 13.0 Å². The van der Waals surface area contributed by atoms with Crippen molar-refractivity contribution in [3.8, 4) is 0 Å². The van der Waals surface area contributed by atoms with Crippen molar-refractivity contribution in [2.75, 3.05) is 0 Å². The molecule has 164 valence electrons. The van der Waals surface area contributed by atoms with Crippen molar-refractivity contribution < 1.29 is 23.9 Å². The Morgan fingerprint density at radius 1 is 1.07 bits per heavy atom. The average molecular weight is 418 g/mol.